The van der Waals surface area contributed by atoms with Crippen LogP contribution in [0.3, 0.4) is 0 Å². The molecule has 9 rings (SSSR count). The third-order valence-electron chi connectivity index (χ3n) is 7.41. The molecule has 1 aliphatic carbocycles. The van der Waals surface area contributed by atoms with E-state index in [4.69, 9.17) is 0 Å². The van der Waals surface area contributed by atoms with Gasteiger partial charge < -0.3 is 9.97 Å². The monoisotopic (exact) mass is 696 g/mol. The van der Waals surface area contributed by atoms with Crippen LogP contribution in [0.4, 0.5) is 0 Å². The van der Waals surface area contributed by atoms with Crippen molar-refractivity contribution in [3.8, 4) is 11.1 Å². The van der Waals surface area contributed by atoms with E-state index in [2.05, 4.69) is 98.8 Å². The minimum Gasteiger partial charge on any atom is -0.355 e. The van der Waals surface area contributed by atoms with Gasteiger partial charge in [0.25, 0.3) is 0 Å². The van der Waals surface area contributed by atoms with E-state index >= 15 is 0 Å². The van der Waals surface area contributed by atoms with Gasteiger partial charge in [-0.05, 0) is 102 Å². The van der Waals surface area contributed by atoms with Gasteiger partial charge in [0.15, 0.2) is 0 Å². The van der Waals surface area contributed by atoms with Crippen LogP contribution < -0.4 is 0 Å². The molecule has 6 aromatic rings. The summed E-state index contributed by atoms with van der Waals surface area (Å²) < 4.78 is 0. The summed E-state index contributed by atoms with van der Waals surface area (Å²) in [6.07, 6.45) is 9.15. The summed E-state index contributed by atoms with van der Waals surface area (Å²) in [5.74, 6) is 0. The van der Waals surface area contributed by atoms with Crippen LogP contribution >= 0.6 is 0 Å². The van der Waals surface area contributed by atoms with Crippen molar-refractivity contribution in [2.45, 2.75) is 6.42 Å². The Hall–Kier alpha value is -4.60. The maximum atomic E-state index is 4.62. The number of fused-ring (bicyclic) bond motifs is 11. The molecule has 2 aliphatic heterocycles. The molecule has 6 heteroatoms. The van der Waals surface area contributed by atoms with Gasteiger partial charge in [-0.25, -0.2) is 9.97 Å². The second-order valence-electron chi connectivity index (χ2n) is 10.6. The molecule has 0 unspecified atom stereocenters. The number of benzene rings is 3. The molecule has 5 heterocycles. The van der Waals surface area contributed by atoms with Crippen LogP contribution in [0.1, 0.15) is 33.9 Å². The maximum absolute atomic E-state index is 4.62. The van der Waals surface area contributed by atoms with Gasteiger partial charge in [-0.15, -0.1) is 0 Å². The molecule has 3 aliphatic rings. The molecule has 3 aromatic carbocycles. The molecule has 0 fully saturated rings. The quantitative estimate of drug-likeness (QED) is 0.156. The molecule has 45 heavy (non-hydrogen) atoms. The average molecular weight is 695 g/mol. The van der Waals surface area contributed by atoms with Crippen LogP contribution in [0, 0.1) is 0 Å². The number of H-pyrrole nitrogens is 2. The molecule has 8 bridgehead atoms. The van der Waals surface area contributed by atoms with Crippen molar-refractivity contribution < 1.29 is 27.3 Å². The van der Waals surface area contributed by atoms with Crippen LogP contribution in [0.15, 0.2) is 133 Å². The van der Waals surface area contributed by atoms with Gasteiger partial charge in [-0.2, -0.15) is 0 Å². The Balaban J connectivity index is 0.000000160. The van der Waals surface area contributed by atoms with Gasteiger partial charge in [0.2, 0.25) is 0 Å². The van der Waals surface area contributed by atoms with Gasteiger partial charge in [-0.1, -0.05) is 84.9 Å². The van der Waals surface area contributed by atoms with Crippen molar-refractivity contribution in [1.82, 2.24) is 19.9 Å². The van der Waals surface area contributed by atoms with Crippen molar-refractivity contribution in [2.24, 2.45) is 0 Å². The van der Waals surface area contributed by atoms with E-state index in [0.717, 1.165) is 51.3 Å². The molecule has 0 atom stereocenters. The third-order valence-corrected chi connectivity index (χ3v) is 7.41. The second kappa shape index (κ2) is 14.9. The van der Waals surface area contributed by atoms with E-state index < -0.39 is 0 Å². The summed E-state index contributed by atoms with van der Waals surface area (Å²) in [6, 6.07) is 45.7. The molecule has 4 nitrogen and oxygen atoms in total. The molecule has 0 saturated heterocycles. The second-order valence-corrected chi connectivity index (χ2v) is 10.6. The SMILES string of the molecule is C1=Cc2cc3ccc(cc4ccc(cc5nc(cc1n2)C=C5)[nH]4)[nH]3.[Cd].[Si].c1ccc2c(c1)Cc1ccccc1-2.c1ccccc1. The van der Waals surface area contributed by atoms with Gasteiger partial charge in [0.1, 0.15) is 0 Å². The van der Waals surface area contributed by atoms with Crippen LogP contribution in [-0.2, 0) is 33.7 Å². The summed E-state index contributed by atoms with van der Waals surface area (Å²) in [5.41, 5.74) is 13.6. The van der Waals surface area contributed by atoms with E-state index in [1.165, 1.54) is 22.3 Å². The number of hydrogen-bond donors (Lipinski definition) is 2. The molecule has 0 saturated carbocycles. The zero-order chi connectivity index (χ0) is 28.8. The fourth-order valence-electron chi connectivity index (χ4n) is 5.41. The Morgan fingerprint density at radius 1 is 0.400 bits per heavy atom. The zero-order valence-corrected chi connectivity index (χ0v) is 29.9. The van der Waals surface area contributed by atoms with Crippen LogP contribution in [0.5, 0.6) is 0 Å². The number of nitrogens with one attached hydrogen (secondary N) is 2. The Morgan fingerprint density at radius 3 is 1.18 bits per heavy atom. The Morgan fingerprint density at radius 2 is 0.756 bits per heavy atom. The molecular formula is C39H30CdN4Si. The van der Waals surface area contributed by atoms with Crippen molar-refractivity contribution in [2.75, 3.05) is 0 Å². The molecule has 3 aromatic heterocycles. The first-order valence-electron chi connectivity index (χ1n) is 14.5. The van der Waals surface area contributed by atoms with Crippen molar-refractivity contribution >= 4 is 57.3 Å². The molecule has 4 radical (unpaired) electrons. The predicted molar refractivity (Wildman–Crippen MR) is 186 cm³/mol. The molecule has 212 valence electrons. The first-order chi connectivity index (χ1) is 21.2. The smallest absolute Gasteiger partial charge is 0.0659 e. The Labute approximate surface area is 287 Å². The topological polar surface area (TPSA) is 57.4 Å². The van der Waals surface area contributed by atoms with Gasteiger partial charge in [0, 0.05) is 60.3 Å². The van der Waals surface area contributed by atoms with E-state index in [0.29, 0.717) is 0 Å². The van der Waals surface area contributed by atoms with Crippen molar-refractivity contribution in [1.29, 1.82) is 0 Å². The number of aromatic amines is 2. The third kappa shape index (κ3) is 7.92. The molecule has 0 amide bonds. The number of hydrogen-bond acceptors (Lipinski definition) is 2. The minimum absolute atomic E-state index is 0. The fourth-order valence-corrected chi connectivity index (χ4v) is 5.41. The zero-order valence-electron chi connectivity index (χ0n) is 24.8. The molecule has 0 spiro atoms. The van der Waals surface area contributed by atoms with E-state index in [1.54, 1.807) is 0 Å². The van der Waals surface area contributed by atoms with Crippen LogP contribution in [0.2, 0.25) is 0 Å². The Bertz CT molecular complexity index is 1970. The Kier molecular flexibility index (Phi) is 10.5. The number of nitrogens with zero attached hydrogens (tertiary/aromatic N) is 2. The van der Waals surface area contributed by atoms with E-state index in [9.17, 15) is 0 Å². The standard InChI is InChI=1S/C20H14N4.C13H10.C6H6.Cd.Si/c1-2-14-10-16-5-6-18(23-16)12-20-8-7-19(24-20)11-17-4-3-15(22-17)9-13(1)21-14;1-3-7-12-10(5-1)9-11-6-2-4-8-13(11)12;1-2-4-6-5-3-1;;/h1-12,21-22H;1-8H,9H2;1-6H;;. The summed E-state index contributed by atoms with van der Waals surface area (Å²) in [6.45, 7) is 0. The minimum atomic E-state index is 0. The van der Waals surface area contributed by atoms with Gasteiger partial charge in [-0.3, -0.25) is 0 Å². The number of rotatable bonds is 0. The maximum Gasteiger partial charge on any atom is 0.0659 e. The average Bonchev–Trinajstić information content (AvgIpc) is 3.88. The summed E-state index contributed by atoms with van der Waals surface area (Å²) in [7, 11) is 0. The normalized spacial score (nSPS) is 11.4. The van der Waals surface area contributed by atoms with Crippen molar-refractivity contribution in [3.05, 3.63) is 167 Å². The van der Waals surface area contributed by atoms with E-state index in [-0.39, 0.29) is 38.3 Å². The number of aromatic nitrogens is 4. The largest absolute Gasteiger partial charge is 0.355 e. The molecule has 2 N–H and O–H groups in total. The fraction of sp³-hybridized carbons (Fsp3) is 0.0256. The first-order valence-corrected chi connectivity index (χ1v) is 14.5. The summed E-state index contributed by atoms with van der Waals surface area (Å²) in [4.78, 5) is 16.0. The summed E-state index contributed by atoms with van der Waals surface area (Å²) >= 11 is 0. The summed E-state index contributed by atoms with van der Waals surface area (Å²) in [5, 5.41) is 0. The van der Waals surface area contributed by atoms with Crippen LogP contribution in [-0.4, -0.2) is 30.9 Å². The molecular weight excluding hydrogens is 665 g/mol. The van der Waals surface area contributed by atoms with Crippen LogP contribution in [0.25, 0.3) is 57.5 Å². The van der Waals surface area contributed by atoms with Gasteiger partial charge >= 0.3 is 0 Å². The van der Waals surface area contributed by atoms with Crippen molar-refractivity contribution in [3.63, 3.8) is 0 Å². The van der Waals surface area contributed by atoms with Gasteiger partial charge in [0.05, 0.1) is 22.8 Å². The first kappa shape index (κ1) is 31.8. The van der Waals surface area contributed by atoms with E-state index in [1.807, 2.05) is 78.9 Å². The predicted octanol–water partition coefficient (Wildman–Crippen LogP) is 9.22.